The number of aromatic nitrogens is 4. The second kappa shape index (κ2) is 8.57. The van der Waals surface area contributed by atoms with Crippen LogP contribution in [0, 0.1) is 23.7 Å². The van der Waals surface area contributed by atoms with Crippen LogP contribution in [0.5, 0.6) is 0 Å². The molecule has 0 saturated heterocycles. The number of aryl methyl sites for hydroxylation is 3. The van der Waals surface area contributed by atoms with Crippen LogP contribution in [0.3, 0.4) is 0 Å². The van der Waals surface area contributed by atoms with E-state index in [1.807, 2.05) is 20.0 Å². The molecule has 0 radical (unpaired) electrons. The van der Waals surface area contributed by atoms with Gasteiger partial charge >= 0.3 is 0 Å². The van der Waals surface area contributed by atoms with Gasteiger partial charge in [0.05, 0.1) is 32.4 Å². The van der Waals surface area contributed by atoms with Crippen LogP contribution in [0.25, 0.3) is 10.9 Å². The molecule has 2 aromatic heterocycles. The molecule has 2 aromatic carbocycles. The van der Waals surface area contributed by atoms with E-state index in [4.69, 9.17) is 5.14 Å². The molecule has 2 heterocycles. The molecule has 4 rings (SSSR count). The van der Waals surface area contributed by atoms with Gasteiger partial charge in [-0.3, -0.25) is 4.68 Å². The Morgan fingerprint density at radius 1 is 0.971 bits per heavy atom. The van der Waals surface area contributed by atoms with Crippen molar-refractivity contribution in [3.8, 4) is 0 Å². The third-order valence-corrected chi connectivity index (χ3v) is 6.33. The molecule has 0 aliphatic carbocycles. The molecular formula is C20H19N9O4S. The number of anilines is 4. The van der Waals surface area contributed by atoms with Gasteiger partial charge in [-0.25, -0.2) is 18.5 Å². The van der Waals surface area contributed by atoms with Gasteiger partial charge in [0.25, 0.3) is 5.95 Å². The third kappa shape index (κ3) is 4.06. The van der Waals surface area contributed by atoms with E-state index in [1.165, 1.54) is 30.5 Å². The van der Waals surface area contributed by atoms with Gasteiger partial charge in [0.1, 0.15) is 0 Å². The molecule has 13 nitrogen and oxygen atoms in total. The van der Waals surface area contributed by atoms with Crippen molar-refractivity contribution in [3.05, 3.63) is 69.7 Å². The molecule has 4 aromatic rings. The van der Waals surface area contributed by atoms with Crippen LogP contribution >= 0.6 is 0 Å². The Balaban J connectivity index is 1.75. The quantitative estimate of drug-likeness (QED) is 0.307. The van der Waals surface area contributed by atoms with Crippen molar-refractivity contribution in [1.82, 2.24) is 19.7 Å². The largest absolute Gasteiger partial charge is 0.272 e. The van der Waals surface area contributed by atoms with Crippen molar-refractivity contribution >= 4 is 44.1 Å². The predicted molar refractivity (Wildman–Crippen MR) is 126 cm³/mol. The molecule has 0 saturated carbocycles. The van der Waals surface area contributed by atoms with Crippen LogP contribution in [0.15, 0.2) is 64.1 Å². The molecule has 0 unspecified atom stereocenters. The second-order valence-corrected chi connectivity index (χ2v) is 8.94. The fourth-order valence-corrected chi connectivity index (χ4v) is 4.26. The lowest BCUT2D eigenvalue weighted by molar-refractivity contribution is 0.597. The van der Waals surface area contributed by atoms with Gasteiger partial charge in [0.2, 0.25) is 10.0 Å². The van der Waals surface area contributed by atoms with E-state index >= 15 is 0 Å². The van der Waals surface area contributed by atoms with E-state index in [1.54, 1.807) is 23.7 Å². The summed E-state index contributed by atoms with van der Waals surface area (Å²) in [5, 5.41) is 18.4. The molecule has 2 N–H and O–H groups in total. The maximum atomic E-state index is 11.9. The Morgan fingerprint density at radius 2 is 1.65 bits per heavy atom. The van der Waals surface area contributed by atoms with Gasteiger partial charge in [-0.2, -0.15) is 20.1 Å². The number of benzene rings is 2. The highest BCUT2D eigenvalue weighted by atomic mass is 32.2. The van der Waals surface area contributed by atoms with Crippen LogP contribution < -0.4 is 15.2 Å². The number of rotatable bonds is 7. The lowest BCUT2D eigenvalue weighted by atomic mass is 10.2. The first-order valence-electron chi connectivity index (χ1n) is 9.80. The Kier molecular flexibility index (Phi) is 5.76. The Bertz CT molecular complexity index is 1530. The maximum absolute atomic E-state index is 11.9. The lowest BCUT2D eigenvalue weighted by Gasteiger charge is -2.18. The van der Waals surface area contributed by atoms with Crippen molar-refractivity contribution in [1.29, 1.82) is 0 Å². The minimum Gasteiger partial charge on any atom is -0.272 e. The molecule has 0 amide bonds. The first-order valence-corrected chi connectivity index (χ1v) is 11.4. The normalized spacial score (nSPS) is 11.4. The summed E-state index contributed by atoms with van der Waals surface area (Å²) in [6, 6.07) is 10.7. The molecule has 0 fully saturated rings. The number of hydrogen-bond donors (Lipinski definition) is 1. The molecule has 0 aliphatic heterocycles. The number of nitrogens with two attached hydrogens (primary N) is 1. The van der Waals surface area contributed by atoms with E-state index < -0.39 is 10.0 Å². The lowest BCUT2D eigenvalue weighted by Crippen LogP contribution is -2.17. The average molecular weight is 481 g/mol. The van der Waals surface area contributed by atoms with E-state index in [-0.39, 0.29) is 22.3 Å². The van der Waals surface area contributed by atoms with Gasteiger partial charge in [-0.05, 0) is 49.7 Å². The van der Waals surface area contributed by atoms with Gasteiger partial charge in [0, 0.05) is 30.4 Å². The minimum absolute atomic E-state index is 0.0550. The fourth-order valence-electron chi connectivity index (χ4n) is 3.46. The third-order valence-electron chi connectivity index (χ3n) is 5.28. The second-order valence-electron chi connectivity index (χ2n) is 7.41. The highest BCUT2D eigenvalue weighted by Gasteiger charge is 2.21. The highest BCUT2D eigenvalue weighted by Crippen LogP contribution is 2.31. The number of nitroso groups, excluding NO2 is 2. The smallest absolute Gasteiger partial charge is 0.255 e. The first kappa shape index (κ1) is 22.9. The van der Waals surface area contributed by atoms with Crippen LogP contribution in [0.2, 0.25) is 0 Å². The van der Waals surface area contributed by atoms with E-state index in [0.717, 1.165) is 21.1 Å². The summed E-state index contributed by atoms with van der Waals surface area (Å²) < 4.78 is 25.5. The van der Waals surface area contributed by atoms with Crippen LogP contribution in [-0.2, 0) is 17.1 Å². The van der Waals surface area contributed by atoms with Gasteiger partial charge in [0.15, 0.2) is 5.82 Å². The number of nitrogens with zero attached hydrogens (tertiary/aromatic N) is 8. The zero-order chi connectivity index (χ0) is 24.6. The Morgan fingerprint density at radius 3 is 2.32 bits per heavy atom. The summed E-state index contributed by atoms with van der Waals surface area (Å²) in [4.78, 5) is 31.5. The topological polar surface area (TPSA) is 169 Å². The van der Waals surface area contributed by atoms with Crippen molar-refractivity contribution in [2.45, 2.75) is 18.7 Å². The summed E-state index contributed by atoms with van der Waals surface area (Å²) in [7, 11) is -2.23. The predicted octanol–water partition coefficient (Wildman–Crippen LogP) is 3.27. The summed E-state index contributed by atoms with van der Waals surface area (Å²) in [6.07, 6.45) is 1.31. The summed E-state index contributed by atoms with van der Waals surface area (Å²) in [5.41, 5.74) is 2.47. The maximum Gasteiger partial charge on any atom is 0.255 e. The monoisotopic (exact) mass is 481 g/mol. The molecule has 34 heavy (non-hydrogen) atoms. The van der Waals surface area contributed by atoms with Gasteiger partial charge in [-0.1, -0.05) is 6.07 Å². The van der Waals surface area contributed by atoms with E-state index in [2.05, 4.69) is 25.6 Å². The standard InChI is InChI=1S/C20H19N9O4S/c1-12-4-5-15(11-18(12)34(21,32)33)29(26-31)20-22-9-8-19(23-20)28(25-30)14-6-7-16-13(2)27(3)24-17(16)10-14/h4-11H,1-3H3,(H2,21,32,33). The van der Waals surface area contributed by atoms with Crippen LogP contribution in [0.4, 0.5) is 23.1 Å². The van der Waals surface area contributed by atoms with E-state index in [0.29, 0.717) is 16.8 Å². The summed E-state index contributed by atoms with van der Waals surface area (Å²) >= 11 is 0. The number of primary sulfonamides is 1. The number of hydrogen-bond acceptors (Lipinski definition) is 9. The van der Waals surface area contributed by atoms with Crippen LogP contribution in [0.1, 0.15) is 11.3 Å². The molecule has 174 valence electrons. The van der Waals surface area contributed by atoms with Crippen molar-refractivity contribution < 1.29 is 8.42 Å². The zero-order valence-corrected chi connectivity index (χ0v) is 19.1. The SMILES string of the molecule is Cc1ccc(N(N=O)c2nccc(N(N=O)c3ccc4c(C)n(C)nc4c3)n2)cc1S(N)(=O)=O. The highest BCUT2D eigenvalue weighted by molar-refractivity contribution is 7.89. The molecule has 0 atom stereocenters. The van der Waals surface area contributed by atoms with Crippen molar-refractivity contribution in [2.24, 2.45) is 22.8 Å². The van der Waals surface area contributed by atoms with Gasteiger partial charge < -0.3 is 0 Å². The Labute approximate surface area is 193 Å². The number of fused-ring (bicyclic) bond motifs is 1. The minimum atomic E-state index is -4.04. The van der Waals surface area contributed by atoms with Crippen molar-refractivity contribution in [2.75, 3.05) is 10.0 Å². The van der Waals surface area contributed by atoms with Gasteiger partial charge in [-0.15, -0.1) is 9.81 Å². The molecular weight excluding hydrogens is 462 g/mol. The molecule has 14 heteroatoms. The molecule has 0 spiro atoms. The fraction of sp³-hybridized carbons (Fsp3) is 0.150. The molecule has 0 aliphatic rings. The first-order chi connectivity index (χ1) is 16.1. The summed E-state index contributed by atoms with van der Waals surface area (Å²) in [5.74, 6) is -0.153. The Hall–Kier alpha value is -4.30. The molecule has 0 bridgehead atoms. The van der Waals surface area contributed by atoms with Crippen LogP contribution in [-0.4, -0.2) is 28.2 Å². The number of sulfonamides is 1. The van der Waals surface area contributed by atoms with Crippen molar-refractivity contribution in [3.63, 3.8) is 0 Å². The zero-order valence-electron chi connectivity index (χ0n) is 18.3. The summed E-state index contributed by atoms with van der Waals surface area (Å²) in [6.45, 7) is 3.49. The van der Waals surface area contributed by atoms with E-state index in [9.17, 15) is 18.2 Å². The average Bonchev–Trinajstić information content (AvgIpc) is 3.08.